The van der Waals surface area contributed by atoms with Crippen molar-refractivity contribution in [1.82, 2.24) is 0 Å². The number of nitrogens with zero attached hydrogens (tertiary/aromatic N) is 4. The molecule has 4 nitrogen and oxygen atoms in total. The van der Waals surface area contributed by atoms with Crippen molar-refractivity contribution in [3.63, 3.8) is 0 Å². The summed E-state index contributed by atoms with van der Waals surface area (Å²) in [6.07, 6.45) is 0. The van der Waals surface area contributed by atoms with Crippen molar-refractivity contribution in [1.29, 1.82) is 0 Å². The van der Waals surface area contributed by atoms with Crippen LogP contribution in [0.5, 0.6) is 0 Å². The average Bonchev–Trinajstić information content (AvgIpc) is 2.44. The molecule has 0 atom stereocenters. The second kappa shape index (κ2) is 57.0. The summed E-state index contributed by atoms with van der Waals surface area (Å²) in [5, 5.41) is 15.9. The third-order valence-electron chi connectivity index (χ3n) is 1.79. The quantitative estimate of drug-likeness (QED) is 0.349. The van der Waals surface area contributed by atoms with E-state index in [0.29, 0.717) is 0 Å². The van der Waals surface area contributed by atoms with E-state index in [9.17, 15) is 0 Å². The molecular formula is C16H40HfN4Zr. The van der Waals surface area contributed by atoms with Crippen LogP contribution in [0.4, 0.5) is 0 Å². The molecule has 0 aromatic carbocycles. The Labute approximate surface area is 180 Å². The maximum absolute atomic E-state index is 3.97. The van der Waals surface area contributed by atoms with Gasteiger partial charge < -0.3 is 21.3 Å². The molecule has 0 aliphatic heterocycles. The Hall–Kier alpha value is 1.59. The van der Waals surface area contributed by atoms with E-state index in [1.807, 2.05) is 55.4 Å². The Kier molecular flexibility index (Phi) is 101. The van der Waals surface area contributed by atoms with Gasteiger partial charge >= 0.3 is 25.8 Å². The van der Waals surface area contributed by atoms with Crippen molar-refractivity contribution in [3.8, 4) is 0 Å². The molecule has 0 saturated carbocycles. The van der Waals surface area contributed by atoms with Gasteiger partial charge in [0.1, 0.15) is 0 Å². The van der Waals surface area contributed by atoms with Crippen molar-refractivity contribution >= 4 is 0 Å². The molecule has 22 heavy (non-hydrogen) atoms. The minimum Gasteiger partial charge on any atom is -0.663 e. The first kappa shape index (κ1) is 38.9. The third-order valence-corrected chi connectivity index (χ3v) is 1.79. The third kappa shape index (κ3) is 99.5. The molecule has 0 amide bonds. The minimum absolute atomic E-state index is 0. The van der Waals surface area contributed by atoms with E-state index in [1.54, 1.807) is 0 Å². The molecule has 0 fully saturated rings. The summed E-state index contributed by atoms with van der Waals surface area (Å²) in [5.41, 5.74) is 0. The zero-order valence-electron chi connectivity index (χ0n) is 16.4. The van der Waals surface area contributed by atoms with E-state index < -0.39 is 0 Å². The Morgan fingerprint density at radius 2 is 0.455 bits per heavy atom. The van der Waals surface area contributed by atoms with Crippen LogP contribution in [0, 0.1) is 0 Å². The molecule has 0 aliphatic rings. The van der Waals surface area contributed by atoms with Gasteiger partial charge in [0.15, 0.2) is 0 Å². The summed E-state index contributed by atoms with van der Waals surface area (Å²) in [7, 11) is 0. The van der Waals surface area contributed by atoms with Gasteiger partial charge in [-0.1, -0.05) is 55.4 Å². The summed E-state index contributed by atoms with van der Waals surface area (Å²) in [4.78, 5) is 0. The topological polar surface area (TPSA) is 56.4 Å². The van der Waals surface area contributed by atoms with Crippen LogP contribution >= 0.6 is 0 Å². The largest absolute Gasteiger partial charge is 4.00 e. The van der Waals surface area contributed by atoms with Gasteiger partial charge in [0, 0.05) is 26.2 Å². The SMILES string of the molecule is CC[N-]CC.CC[N-]CC.CC[N-]CC.CC[N-]CC.[Hf+4].[Zr]. The first-order valence-electron chi connectivity index (χ1n) is 8.19. The second-order valence-electron chi connectivity index (χ2n) is 3.42. The molecule has 0 rings (SSSR count). The smallest absolute Gasteiger partial charge is 0.663 e. The summed E-state index contributed by atoms with van der Waals surface area (Å²) in [5.74, 6) is 0. The maximum Gasteiger partial charge on any atom is 4.00 e. The summed E-state index contributed by atoms with van der Waals surface area (Å²) < 4.78 is 0. The van der Waals surface area contributed by atoms with Gasteiger partial charge in [0.05, 0.1) is 0 Å². The van der Waals surface area contributed by atoms with Crippen molar-refractivity contribution in [2.75, 3.05) is 52.4 Å². The van der Waals surface area contributed by atoms with E-state index >= 15 is 0 Å². The first-order chi connectivity index (χ1) is 9.66. The molecule has 0 aromatic rings. The van der Waals surface area contributed by atoms with Gasteiger partial charge in [-0.3, -0.25) is 0 Å². The minimum atomic E-state index is 0. The fraction of sp³-hybridized carbons (Fsp3) is 1.00. The second-order valence-corrected chi connectivity index (χ2v) is 3.42. The Morgan fingerprint density at radius 1 is 0.364 bits per heavy atom. The molecule has 0 heterocycles. The molecule has 0 aromatic heterocycles. The van der Waals surface area contributed by atoms with Crippen molar-refractivity contribution < 1.29 is 52.0 Å². The molecular weight excluding hydrogens is 518 g/mol. The number of rotatable bonds is 8. The van der Waals surface area contributed by atoms with Crippen LogP contribution in [-0.2, 0) is 52.0 Å². The Morgan fingerprint density at radius 3 is 0.455 bits per heavy atom. The van der Waals surface area contributed by atoms with Crippen LogP contribution in [0.3, 0.4) is 0 Å². The monoisotopic (exact) mass is 558 g/mol. The van der Waals surface area contributed by atoms with Crippen LogP contribution in [0.2, 0.25) is 0 Å². The molecule has 0 N–H and O–H groups in total. The normalized spacial score (nSPS) is 7.64. The zero-order chi connectivity index (χ0) is 16.5. The van der Waals surface area contributed by atoms with E-state index in [4.69, 9.17) is 0 Å². The molecule has 0 aliphatic carbocycles. The van der Waals surface area contributed by atoms with Crippen molar-refractivity contribution in [2.24, 2.45) is 0 Å². The molecule has 0 unspecified atom stereocenters. The molecule has 0 bridgehead atoms. The van der Waals surface area contributed by atoms with Crippen LogP contribution in [0.25, 0.3) is 21.3 Å². The zero-order valence-corrected chi connectivity index (χ0v) is 22.5. The van der Waals surface area contributed by atoms with Gasteiger partial charge in [-0.2, -0.15) is 52.4 Å². The molecule has 0 radical (unpaired) electrons. The Bertz CT molecular complexity index is 80.1. The number of hydrogen-bond acceptors (Lipinski definition) is 0. The summed E-state index contributed by atoms with van der Waals surface area (Å²) >= 11 is 0. The van der Waals surface area contributed by atoms with Gasteiger partial charge in [0.25, 0.3) is 0 Å². The van der Waals surface area contributed by atoms with E-state index in [0.717, 1.165) is 52.4 Å². The van der Waals surface area contributed by atoms with Crippen LogP contribution in [0.15, 0.2) is 0 Å². The average molecular weight is 558 g/mol. The molecule has 0 spiro atoms. The number of hydrogen-bond donors (Lipinski definition) is 0. The standard InChI is InChI=1S/4C4H10N.Hf.Zr/c4*1-3-5-4-2;;/h4*3-4H2,1-2H3;;/q4*-1;+4;. The molecule has 0 saturated heterocycles. The van der Waals surface area contributed by atoms with E-state index in [1.165, 1.54) is 0 Å². The predicted molar refractivity (Wildman–Crippen MR) is 97.8 cm³/mol. The van der Waals surface area contributed by atoms with Gasteiger partial charge in [-0.15, -0.1) is 0 Å². The van der Waals surface area contributed by atoms with Crippen molar-refractivity contribution in [3.05, 3.63) is 21.3 Å². The van der Waals surface area contributed by atoms with Crippen LogP contribution < -0.4 is 0 Å². The summed E-state index contributed by atoms with van der Waals surface area (Å²) in [6.45, 7) is 24.1. The first-order valence-corrected chi connectivity index (χ1v) is 8.19. The summed E-state index contributed by atoms with van der Waals surface area (Å²) in [6, 6.07) is 0. The fourth-order valence-corrected chi connectivity index (χ4v) is 0.894. The fourth-order valence-electron chi connectivity index (χ4n) is 0.894. The van der Waals surface area contributed by atoms with Gasteiger partial charge in [-0.25, -0.2) is 0 Å². The van der Waals surface area contributed by atoms with Crippen molar-refractivity contribution in [2.45, 2.75) is 55.4 Å². The van der Waals surface area contributed by atoms with Gasteiger partial charge in [-0.05, 0) is 0 Å². The van der Waals surface area contributed by atoms with Crippen LogP contribution in [0.1, 0.15) is 55.4 Å². The molecule has 132 valence electrons. The maximum atomic E-state index is 3.97. The van der Waals surface area contributed by atoms with Crippen LogP contribution in [-0.4, -0.2) is 52.4 Å². The van der Waals surface area contributed by atoms with Gasteiger partial charge in [0.2, 0.25) is 0 Å². The van der Waals surface area contributed by atoms with E-state index in [-0.39, 0.29) is 52.0 Å². The molecule has 6 heteroatoms. The Balaban J connectivity index is -0.0000000376. The predicted octanol–water partition coefficient (Wildman–Crippen LogP) is 5.59. The van der Waals surface area contributed by atoms with E-state index in [2.05, 4.69) is 21.3 Å².